The number of hydrogen-bond acceptors (Lipinski definition) is 3. The lowest BCUT2D eigenvalue weighted by Crippen LogP contribution is -2.48. The van der Waals surface area contributed by atoms with Crippen molar-refractivity contribution in [2.24, 2.45) is 5.92 Å². The van der Waals surface area contributed by atoms with Gasteiger partial charge in [0.25, 0.3) is 5.91 Å². The Hall–Kier alpha value is -1.76. The Kier molecular flexibility index (Phi) is 7.14. The van der Waals surface area contributed by atoms with Gasteiger partial charge in [-0.3, -0.25) is 4.79 Å². The highest BCUT2D eigenvalue weighted by atomic mass is 19.4. The third-order valence-corrected chi connectivity index (χ3v) is 4.79. The fourth-order valence-corrected chi connectivity index (χ4v) is 3.56. The molecule has 0 unspecified atom stereocenters. The molecule has 0 radical (unpaired) electrons. The van der Waals surface area contributed by atoms with Crippen molar-refractivity contribution in [1.29, 1.82) is 0 Å². The quantitative estimate of drug-likeness (QED) is 0.680. The molecule has 0 aliphatic heterocycles. The first kappa shape index (κ1) is 21.5. The van der Waals surface area contributed by atoms with Gasteiger partial charge in [-0.05, 0) is 56.7 Å². The van der Waals surface area contributed by atoms with Crippen molar-refractivity contribution in [3.8, 4) is 5.75 Å². The van der Waals surface area contributed by atoms with E-state index in [0.717, 1.165) is 25.3 Å². The van der Waals surface area contributed by atoms with Crippen molar-refractivity contribution in [3.05, 3.63) is 23.8 Å². The van der Waals surface area contributed by atoms with Crippen molar-refractivity contribution in [1.82, 2.24) is 0 Å². The molecule has 1 fully saturated rings. The lowest BCUT2D eigenvalue weighted by atomic mass is 9.78. The second kappa shape index (κ2) is 8.95. The zero-order valence-corrected chi connectivity index (χ0v) is 16.1. The smallest absolute Gasteiger partial charge is 0.420 e. The normalized spacial score (nSPS) is 23.1. The number of anilines is 1. The van der Waals surface area contributed by atoms with Crippen molar-refractivity contribution >= 4 is 11.6 Å². The van der Waals surface area contributed by atoms with E-state index in [4.69, 9.17) is 9.47 Å². The molecule has 1 amide bonds. The van der Waals surface area contributed by atoms with E-state index in [2.05, 4.69) is 12.2 Å². The Morgan fingerprint density at radius 1 is 1.33 bits per heavy atom. The first-order valence-electron chi connectivity index (χ1n) is 9.51. The zero-order chi connectivity index (χ0) is 20.1. The van der Waals surface area contributed by atoms with E-state index in [-0.39, 0.29) is 24.0 Å². The molecule has 1 aromatic carbocycles. The molecule has 0 heterocycles. The van der Waals surface area contributed by atoms with Crippen LogP contribution in [-0.4, -0.2) is 24.7 Å². The van der Waals surface area contributed by atoms with Crippen LogP contribution in [0.4, 0.5) is 18.9 Å². The van der Waals surface area contributed by atoms with E-state index >= 15 is 0 Å². The first-order valence-corrected chi connectivity index (χ1v) is 9.51. The van der Waals surface area contributed by atoms with Gasteiger partial charge < -0.3 is 14.8 Å². The van der Waals surface area contributed by atoms with Gasteiger partial charge in [-0.25, -0.2) is 0 Å². The third-order valence-electron chi connectivity index (χ3n) is 4.79. The van der Waals surface area contributed by atoms with Crippen molar-refractivity contribution in [3.63, 3.8) is 0 Å². The molecule has 1 aliphatic rings. The van der Waals surface area contributed by atoms with Gasteiger partial charge in [0.15, 0.2) is 0 Å². The van der Waals surface area contributed by atoms with E-state index in [1.165, 1.54) is 12.1 Å². The van der Waals surface area contributed by atoms with Crippen LogP contribution in [-0.2, 0) is 15.7 Å². The number of alkyl halides is 3. The van der Waals surface area contributed by atoms with Gasteiger partial charge in [0.05, 0.1) is 12.2 Å². The minimum atomic E-state index is -4.57. The summed E-state index contributed by atoms with van der Waals surface area (Å²) in [5.74, 6) is -0.293. The van der Waals surface area contributed by atoms with Gasteiger partial charge in [-0.15, -0.1) is 0 Å². The van der Waals surface area contributed by atoms with Crippen LogP contribution in [0, 0.1) is 5.92 Å². The molecule has 0 saturated heterocycles. The van der Waals surface area contributed by atoms with Crippen LogP contribution < -0.4 is 10.1 Å². The maximum atomic E-state index is 13.3. The second-order valence-corrected chi connectivity index (χ2v) is 7.14. The second-order valence-electron chi connectivity index (χ2n) is 7.14. The Bertz CT molecular complexity index is 648. The average molecular weight is 387 g/mol. The Morgan fingerprint density at radius 3 is 2.67 bits per heavy atom. The third kappa shape index (κ3) is 5.37. The Labute approximate surface area is 158 Å². The van der Waals surface area contributed by atoms with Gasteiger partial charge in [-0.1, -0.05) is 20.3 Å². The van der Waals surface area contributed by atoms with E-state index in [9.17, 15) is 18.0 Å². The molecule has 0 aromatic heterocycles. The van der Waals surface area contributed by atoms with Gasteiger partial charge in [0.1, 0.15) is 11.4 Å². The minimum absolute atomic E-state index is 0.0912. The zero-order valence-electron chi connectivity index (χ0n) is 16.1. The number of nitrogens with one attached hydrogen (secondary N) is 1. The van der Waals surface area contributed by atoms with Crippen molar-refractivity contribution < 1.29 is 27.4 Å². The van der Waals surface area contributed by atoms with Crippen LogP contribution in [0.5, 0.6) is 5.75 Å². The Morgan fingerprint density at radius 2 is 2.07 bits per heavy atom. The number of carbonyl (C=O) groups excluding carboxylic acids is 1. The van der Waals surface area contributed by atoms with Crippen LogP contribution >= 0.6 is 0 Å². The molecule has 2 atom stereocenters. The van der Waals surface area contributed by atoms with Gasteiger partial charge in [-0.2, -0.15) is 13.2 Å². The monoisotopic (exact) mass is 387 g/mol. The molecular weight excluding hydrogens is 359 g/mol. The molecular formula is C20H28F3NO3. The highest BCUT2D eigenvalue weighted by Crippen LogP contribution is 2.39. The molecule has 2 rings (SSSR count). The number of amides is 1. The largest absolute Gasteiger partial charge is 0.493 e. The van der Waals surface area contributed by atoms with E-state index in [1.807, 2.05) is 6.92 Å². The molecule has 0 bridgehead atoms. The molecule has 1 N–H and O–H groups in total. The summed E-state index contributed by atoms with van der Waals surface area (Å²) < 4.78 is 51.0. The number of halogens is 3. The summed E-state index contributed by atoms with van der Waals surface area (Å²) in [6.07, 6.45) is -0.777. The number of rotatable bonds is 7. The fraction of sp³-hybridized carbons (Fsp3) is 0.650. The van der Waals surface area contributed by atoms with E-state index in [0.29, 0.717) is 25.4 Å². The predicted octanol–water partition coefficient (Wildman–Crippen LogP) is 5.42. The first-order chi connectivity index (χ1) is 12.7. The summed E-state index contributed by atoms with van der Waals surface area (Å²) >= 11 is 0. The summed E-state index contributed by atoms with van der Waals surface area (Å²) in [5.41, 5.74) is -1.79. The summed E-state index contributed by atoms with van der Waals surface area (Å²) in [6.45, 7) is 6.21. The van der Waals surface area contributed by atoms with Crippen LogP contribution in [0.25, 0.3) is 0 Å². The molecule has 0 spiro atoms. The van der Waals surface area contributed by atoms with Crippen LogP contribution in [0.15, 0.2) is 18.2 Å². The SMILES string of the molecule is CCCO[C@]1(C(=O)Nc2ccc(OCC)c(C(F)(F)F)c2)CCC[C@H](C)C1. The summed E-state index contributed by atoms with van der Waals surface area (Å²) in [5, 5.41) is 2.64. The van der Waals surface area contributed by atoms with Gasteiger partial charge in [0, 0.05) is 12.3 Å². The molecule has 4 nitrogen and oxygen atoms in total. The summed E-state index contributed by atoms with van der Waals surface area (Å²) in [6, 6.07) is 3.59. The lowest BCUT2D eigenvalue weighted by molar-refractivity contribution is -0.148. The number of hydrogen-bond donors (Lipinski definition) is 1. The molecule has 27 heavy (non-hydrogen) atoms. The Balaban J connectivity index is 2.26. The van der Waals surface area contributed by atoms with Gasteiger partial charge in [0.2, 0.25) is 0 Å². The lowest BCUT2D eigenvalue weighted by Gasteiger charge is -2.38. The van der Waals surface area contributed by atoms with Gasteiger partial charge >= 0.3 is 6.18 Å². The fourth-order valence-electron chi connectivity index (χ4n) is 3.56. The van der Waals surface area contributed by atoms with E-state index in [1.54, 1.807) is 6.92 Å². The highest BCUT2D eigenvalue weighted by molar-refractivity contribution is 5.97. The average Bonchev–Trinajstić information content (AvgIpc) is 2.60. The molecule has 1 aromatic rings. The topological polar surface area (TPSA) is 47.6 Å². The summed E-state index contributed by atoms with van der Waals surface area (Å²) in [7, 11) is 0. The number of carbonyl (C=O) groups is 1. The molecule has 7 heteroatoms. The highest BCUT2D eigenvalue weighted by Gasteiger charge is 2.43. The molecule has 1 saturated carbocycles. The predicted molar refractivity (Wildman–Crippen MR) is 97.8 cm³/mol. The van der Waals surface area contributed by atoms with Crippen molar-refractivity contribution in [2.75, 3.05) is 18.5 Å². The standard InChI is InChI=1S/C20H28F3NO3/c1-4-11-27-19(10-6-7-14(3)13-19)18(25)24-15-8-9-17(26-5-2)16(12-15)20(21,22)23/h8-9,12,14H,4-7,10-11,13H2,1-3H3,(H,24,25)/t14-,19+/m0/s1. The molecule has 1 aliphatic carbocycles. The number of ether oxygens (including phenoxy) is 2. The molecule has 152 valence electrons. The van der Waals surface area contributed by atoms with Crippen LogP contribution in [0.2, 0.25) is 0 Å². The minimum Gasteiger partial charge on any atom is -0.493 e. The van der Waals surface area contributed by atoms with Crippen molar-refractivity contribution in [2.45, 2.75) is 64.7 Å². The van der Waals surface area contributed by atoms with E-state index < -0.39 is 17.3 Å². The summed E-state index contributed by atoms with van der Waals surface area (Å²) in [4.78, 5) is 13.0. The van der Waals surface area contributed by atoms with Crippen LogP contribution in [0.1, 0.15) is 58.4 Å². The maximum Gasteiger partial charge on any atom is 0.420 e. The number of benzene rings is 1. The van der Waals surface area contributed by atoms with Crippen LogP contribution in [0.3, 0.4) is 0 Å². The maximum absolute atomic E-state index is 13.3.